The van der Waals surface area contributed by atoms with Gasteiger partial charge in [-0.3, -0.25) is 0 Å². The first-order valence-electron chi connectivity index (χ1n) is 4.17. The molecule has 15 heavy (non-hydrogen) atoms. The number of nitrogens with zero attached hydrogens (tertiary/aromatic N) is 1. The molecule has 1 aromatic heterocycles. The minimum Gasteiger partial charge on any atom is -0.477 e. The number of carboxylic acid groups (broad SMARTS) is 1. The first kappa shape index (κ1) is 9.09. The van der Waals surface area contributed by atoms with Gasteiger partial charge in [-0.25, -0.2) is 4.79 Å². The Hall–Kier alpha value is -2.48. The molecule has 0 saturated carbocycles. The van der Waals surface area contributed by atoms with Crippen LogP contribution in [0.25, 0.3) is 10.9 Å². The van der Waals surface area contributed by atoms with Crippen molar-refractivity contribution in [3.05, 3.63) is 29.5 Å². The maximum Gasteiger partial charge on any atom is 0.352 e. The van der Waals surface area contributed by atoms with Gasteiger partial charge in [0.15, 0.2) is 0 Å². The van der Waals surface area contributed by atoms with Gasteiger partial charge in [-0.2, -0.15) is 5.26 Å². The van der Waals surface area contributed by atoms with Crippen molar-refractivity contribution in [2.45, 2.75) is 0 Å². The second kappa shape index (κ2) is 3.03. The van der Waals surface area contributed by atoms with Gasteiger partial charge in [0.1, 0.15) is 11.8 Å². The average molecular weight is 201 g/mol. The lowest BCUT2D eigenvalue weighted by molar-refractivity contribution is 0.0691. The molecule has 4 N–H and O–H groups in total. The lowest BCUT2D eigenvalue weighted by Crippen LogP contribution is -1.94. The van der Waals surface area contributed by atoms with Gasteiger partial charge in [0.2, 0.25) is 0 Å². The quantitative estimate of drug-likeness (QED) is 0.605. The number of fused-ring (bicyclic) bond motifs is 1. The highest BCUT2D eigenvalue weighted by Gasteiger charge is 2.09. The molecule has 0 aliphatic rings. The number of nitrogens with one attached hydrogen (secondary N) is 1. The second-order valence-corrected chi connectivity index (χ2v) is 3.13. The number of hydrogen-bond donors (Lipinski definition) is 3. The molecule has 2 aromatic rings. The molecule has 0 amide bonds. The van der Waals surface area contributed by atoms with Crippen LogP contribution in [0.4, 0.5) is 5.69 Å². The van der Waals surface area contributed by atoms with Crippen molar-refractivity contribution >= 4 is 22.6 Å². The Morgan fingerprint density at radius 3 is 2.80 bits per heavy atom. The predicted molar refractivity (Wildman–Crippen MR) is 54.4 cm³/mol. The molecule has 74 valence electrons. The number of aromatic carboxylic acids is 1. The second-order valence-electron chi connectivity index (χ2n) is 3.13. The first-order chi connectivity index (χ1) is 7.11. The van der Waals surface area contributed by atoms with E-state index in [1.54, 1.807) is 12.1 Å². The number of nitriles is 1. The molecule has 1 heterocycles. The fourth-order valence-corrected chi connectivity index (χ4v) is 1.41. The summed E-state index contributed by atoms with van der Waals surface area (Å²) in [5.74, 6) is -1.04. The SMILES string of the molecule is N#Cc1cc2cc(C(=O)O)[nH]c2cc1N. The van der Waals surface area contributed by atoms with Gasteiger partial charge in [-0.15, -0.1) is 0 Å². The van der Waals surface area contributed by atoms with Gasteiger partial charge >= 0.3 is 5.97 Å². The molecule has 0 unspecified atom stereocenters. The van der Waals surface area contributed by atoms with E-state index in [4.69, 9.17) is 16.1 Å². The summed E-state index contributed by atoms with van der Waals surface area (Å²) in [6.45, 7) is 0. The van der Waals surface area contributed by atoms with Crippen LogP contribution in [0, 0.1) is 11.3 Å². The highest BCUT2D eigenvalue weighted by Crippen LogP contribution is 2.22. The van der Waals surface area contributed by atoms with Gasteiger partial charge in [0.25, 0.3) is 0 Å². The van der Waals surface area contributed by atoms with Crippen molar-refractivity contribution in [3.63, 3.8) is 0 Å². The number of carboxylic acids is 1. The number of carbonyl (C=O) groups is 1. The van der Waals surface area contributed by atoms with Gasteiger partial charge in [-0.1, -0.05) is 0 Å². The molecule has 0 spiro atoms. The fourth-order valence-electron chi connectivity index (χ4n) is 1.41. The summed E-state index contributed by atoms with van der Waals surface area (Å²) in [5, 5.41) is 18.2. The summed E-state index contributed by atoms with van der Waals surface area (Å²) in [6, 6.07) is 6.53. The van der Waals surface area contributed by atoms with E-state index < -0.39 is 5.97 Å². The number of nitrogens with two attached hydrogens (primary N) is 1. The van der Waals surface area contributed by atoms with E-state index in [0.717, 1.165) is 0 Å². The molecule has 0 bridgehead atoms. The minimum atomic E-state index is -1.04. The molecule has 1 aromatic carbocycles. The monoisotopic (exact) mass is 201 g/mol. The molecule has 5 nitrogen and oxygen atoms in total. The van der Waals surface area contributed by atoms with Crippen LogP contribution in [0.2, 0.25) is 0 Å². The molecule has 0 radical (unpaired) electrons. The molecule has 2 rings (SSSR count). The van der Waals surface area contributed by atoms with Crippen LogP contribution in [0.15, 0.2) is 18.2 Å². The summed E-state index contributed by atoms with van der Waals surface area (Å²) in [4.78, 5) is 13.4. The molecule has 0 aliphatic carbocycles. The van der Waals surface area contributed by atoms with Crippen LogP contribution in [-0.4, -0.2) is 16.1 Å². The van der Waals surface area contributed by atoms with Crippen molar-refractivity contribution in [2.75, 3.05) is 5.73 Å². The average Bonchev–Trinajstić information content (AvgIpc) is 2.59. The van der Waals surface area contributed by atoms with E-state index in [1.807, 2.05) is 6.07 Å². The van der Waals surface area contributed by atoms with Crippen LogP contribution < -0.4 is 5.73 Å². The molecular weight excluding hydrogens is 194 g/mol. The van der Waals surface area contributed by atoms with Gasteiger partial charge in [0, 0.05) is 10.9 Å². The Morgan fingerprint density at radius 1 is 1.47 bits per heavy atom. The Morgan fingerprint density at radius 2 is 2.20 bits per heavy atom. The van der Waals surface area contributed by atoms with Crippen molar-refractivity contribution in [1.29, 1.82) is 5.26 Å². The third-order valence-corrected chi connectivity index (χ3v) is 2.14. The first-order valence-corrected chi connectivity index (χ1v) is 4.17. The van der Waals surface area contributed by atoms with Crippen molar-refractivity contribution < 1.29 is 9.90 Å². The zero-order valence-corrected chi connectivity index (χ0v) is 7.61. The third kappa shape index (κ3) is 1.38. The zero-order valence-electron chi connectivity index (χ0n) is 7.61. The standard InChI is InChI=1S/C10H7N3O2/c11-4-6-1-5-2-9(10(14)15)13-8(5)3-7(6)12/h1-3,13H,12H2,(H,14,15). The van der Waals surface area contributed by atoms with Gasteiger partial charge in [0.05, 0.1) is 11.3 Å². The van der Waals surface area contributed by atoms with Gasteiger partial charge in [-0.05, 0) is 18.2 Å². The van der Waals surface area contributed by atoms with Crippen LogP contribution in [0.5, 0.6) is 0 Å². The normalized spacial score (nSPS) is 10.1. The van der Waals surface area contributed by atoms with E-state index in [1.165, 1.54) is 6.07 Å². The number of anilines is 1. The number of nitrogen functional groups attached to an aromatic ring is 1. The van der Waals surface area contributed by atoms with Crippen LogP contribution in [0.1, 0.15) is 16.1 Å². The van der Waals surface area contributed by atoms with Crippen LogP contribution in [0.3, 0.4) is 0 Å². The fraction of sp³-hybridized carbons (Fsp3) is 0. The van der Waals surface area contributed by atoms with Crippen molar-refractivity contribution in [1.82, 2.24) is 4.98 Å². The molecule has 0 atom stereocenters. The highest BCUT2D eigenvalue weighted by molar-refractivity contribution is 5.95. The number of rotatable bonds is 1. The van der Waals surface area contributed by atoms with Crippen LogP contribution >= 0.6 is 0 Å². The third-order valence-electron chi connectivity index (χ3n) is 2.14. The molecule has 0 saturated heterocycles. The molecule has 0 aliphatic heterocycles. The van der Waals surface area contributed by atoms with E-state index >= 15 is 0 Å². The van der Waals surface area contributed by atoms with Crippen molar-refractivity contribution in [3.8, 4) is 6.07 Å². The van der Waals surface area contributed by atoms with E-state index in [-0.39, 0.29) is 5.69 Å². The summed E-state index contributed by atoms with van der Waals surface area (Å²) in [7, 11) is 0. The summed E-state index contributed by atoms with van der Waals surface area (Å²) in [6.07, 6.45) is 0. The Bertz CT molecular complexity index is 592. The Kier molecular flexibility index (Phi) is 1.83. The zero-order chi connectivity index (χ0) is 11.0. The number of hydrogen-bond acceptors (Lipinski definition) is 3. The summed E-state index contributed by atoms with van der Waals surface area (Å²) < 4.78 is 0. The maximum atomic E-state index is 10.7. The lowest BCUT2D eigenvalue weighted by atomic mass is 10.1. The Labute approximate surface area is 84.7 Å². The lowest BCUT2D eigenvalue weighted by Gasteiger charge is -1.96. The van der Waals surface area contributed by atoms with E-state index in [9.17, 15) is 4.79 Å². The van der Waals surface area contributed by atoms with E-state index in [2.05, 4.69) is 4.98 Å². The number of H-pyrrole nitrogens is 1. The largest absolute Gasteiger partial charge is 0.477 e. The summed E-state index contributed by atoms with van der Waals surface area (Å²) >= 11 is 0. The van der Waals surface area contributed by atoms with Crippen LogP contribution in [-0.2, 0) is 0 Å². The number of aromatic nitrogens is 1. The van der Waals surface area contributed by atoms with Crippen molar-refractivity contribution in [2.24, 2.45) is 0 Å². The highest BCUT2D eigenvalue weighted by atomic mass is 16.4. The topological polar surface area (TPSA) is 103 Å². The molecule has 5 heteroatoms. The minimum absolute atomic E-state index is 0.0829. The summed E-state index contributed by atoms with van der Waals surface area (Å²) in [5.41, 5.74) is 6.97. The smallest absolute Gasteiger partial charge is 0.352 e. The van der Waals surface area contributed by atoms with E-state index in [0.29, 0.717) is 22.2 Å². The Balaban J connectivity index is 2.73. The molecular formula is C10H7N3O2. The maximum absolute atomic E-state index is 10.7. The predicted octanol–water partition coefficient (Wildman–Crippen LogP) is 1.32. The van der Waals surface area contributed by atoms with Gasteiger partial charge < -0.3 is 15.8 Å². The molecule has 0 fully saturated rings. The number of aromatic amines is 1. The number of benzene rings is 1.